The van der Waals surface area contributed by atoms with Gasteiger partial charge in [-0.2, -0.15) is 0 Å². The fourth-order valence-electron chi connectivity index (χ4n) is 1.88. The number of benzene rings is 1. The summed E-state index contributed by atoms with van der Waals surface area (Å²) >= 11 is 0. The Morgan fingerprint density at radius 3 is 2.81 bits per heavy atom. The molecule has 3 N–H and O–H groups in total. The number of fused-ring (bicyclic) bond motifs is 1. The largest absolute Gasteiger partial charge is 0.492 e. The number of carbonyl (C=O) groups excluding carboxylic acids is 2. The summed E-state index contributed by atoms with van der Waals surface area (Å²) < 4.78 is 5.69. The summed E-state index contributed by atoms with van der Waals surface area (Å²) in [7, 11) is 0. The predicted octanol–water partition coefficient (Wildman–Crippen LogP) is 1.24. The van der Waals surface area contributed by atoms with E-state index in [0.29, 0.717) is 12.4 Å². The van der Waals surface area contributed by atoms with E-state index in [2.05, 4.69) is 10.3 Å². The minimum atomic E-state index is -0.560. The van der Waals surface area contributed by atoms with Crippen LogP contribution in [0.4, 0.5) is 0 Å². The third kappa shape index (κ3) is 3.35. The number of pyridine rings is 1. The Bertz CT molecular complexity index is 670. The molecule has 0 saturated heterocycles. The Morgan fingerprint density at radius 2 is 2.10 bits per heavy atom. The fraction of sp³-hybridized carbons (Fsp3) is 0.267. The van der Waals surface area contributed by atoms with Crippen molar-refractivity contribution in [2.45, 2.75) is 13.3 Å². The van der Waals surface area contributed by atoms with Gasteiger partial charge in [0.05, 0.1) is 18.7 Å². The van der Waals surface area contributed by atoms with Gasteiger partial charge in [0.1, 0.15) is 11.3 Å². The van der Waals surface area contributed by atoms with Gasteiger partial charge in [-0.3, -0.25) is 19.9 Å². The summed E-state index contributed by atoms with van der Waals surface area (Å²) in [4.78, 5) is 27.6. The second-order valence-electron chi connectivity index (χ2n) is 4.45. The maximum Gasteiger partial charge on any atom is 0.263 e. The molecular formula is C15H17N3O3. The van der Waals surface area contributed by atoms with Crippen molar-refractivity contribution in [1.29, 1.82) is 0 Å². The summed E-state index contributed by atoms with van der Waals surface area (Å²) in [6, 6.07) is 7.36. The van der Waals surface area contributed by atoms with Crippen LogP contribution >= 0.6 is 0 Å². The number of hydrogen-bond donors (Lipinski definition) is 2. The molecule has 21 heavy (non-hydrogen) atoms. The third-order valence-corrected chi connectivity index (χ3v) is 2.86. The summed E-state index contributed by atoms with van der Waals surface area (Å²) in [6.45, 7) is 2.19. The molecule has 0 saturated carbocycles. The van der Waals surface area contributed by atoms with Gasteiger partial charge in [0.15, 0.2) is 0 Å². The number of ether oxygens (including phenoxy) is 1. The molecule has 0 unspecified atom stereocenters. The highest BCUT2D eigenvalue weighted by atomic mass is 16.5. The number of nitrogens with two attached hydrogens (primary N) is 1. The van der Waals surface area contributed by atoms with Gasteiger partial charge in [0.25, 0.3) is 5.91 Å². The van der Waals surface area contributed by atoms with Crippen LogP contribution in [-0.2, 0) is 4.79 Å². The van der Waals surface area contributed by atoms with Crippen LogP contribution in [0.25, 0.3) is 10.9 Å². The van der Waals surface area contributed by atoms with E-state index < -0.39 is 11.8 Å². The first-order valence-corrected chi connectivity index (χ1v) is 6.72. The predicted molar refractivity (Wildman–Crippen MR) is 79.1 cm³/mol. The number of imide groups is 1. The first kappa shape index (κ1) is 14.9. The van der Waals surface area contributed by atoms with Gasteiger partial charge in [-0.05, 0) is 18.6 Å². The van der Waals surface area contributed by atoms with Crippen LogP contribution in [0.15, 0.2) is 30.5 Å². The van der Waals surface area contributed by atoms with E-state index in [0.717, 1.165) is 17.3 Å². The fourth-order valence-corrected chi connectivity index (χ4v) is 1.88. The highest BCUT2D eigenvalue weighted by Gasteiger charge is 2.18. The maximum atomic E-state index is 12.1. The van der Waals surface area contributed by atoms with Gasteiger partial charge in [-0.25, -0.2) is 0 Å². The molecule has 0 fully saturated rings. The number of amides is 2. The number of para-hydroxylation sites is 1. The smallest absolute Gasteiger partial charge is 0.263 e. The van der Waals surface area contributed by atoms with Gasteiger partial charge >= 0.3 is 0 Å². The van der Waals surface area contributed by atoms with E-state index in [-0.39, 0.29) is 12.1 Å². The van der Waals surface area contributed by atoms with Gasteiger partial charge in [0, 0.05) is 11.6 Å². The second-order valence-corrected chi connectivity index (χ2v) is 4.45. The van der Waals surface area contributed by atoms with Crippen molar-refractivity contribution in [2.75, 3.05) is 13.2 Å². The summed E-state index contributed by atoms with van der Waals surface area (Å²) in [6.07, 6.45) is 2.21. The molecule has 2 amide bonds. The highest BCUT2D eigenvalue weighted by Crippen LogP contribution is 2.28. The van der Waals surface area contributed by atoms with E-state index >= 15 is 0 Å². The Balaban J connectivity index is 2.46. The Morgan fingerprint density at radius 1 is 1.33 bits per heavy atom. The van der Waals surface area contributed by atoms with Crippen molar-refractivity contribution >= 4 is 22.7 Å². The number of nitrogens with one attached hydrogen (secondary N) is 1. The Hall–Kier alpha value is -2.47. The van der Waals surface area contributed by atoms with Gasteiger partial charge in [-0.15, -0.1) is 0 Å². The van der Waals surface area contributed by atoms with Crippen molar-refractivity contribution in [3.63, 3.8) is 0 Å². The second kappa shape index (κ2) is 6.81. The summed E-state index contributed by atoms with van der Waals surface area (Å²) in [5.74, 6) is -0.672. The number of aromatic nitrogens is 1. The molecule has 0 aliphatic carbocycles. The van der Waals surface area contributed by atoms with Crippen molar-refractivity contribution in [3.05, 3.63) is 36.0 Å². The monoisotopic (exact) mass is 287 g/mol. The molecule has 0 aliphatic heterocycles. The van der Waals surface area contributed by atoms with Crippen LogP contribution in [0.1, 0.15) is 23.7 Å². The summed E-state index contributed by atoms with van der Waals surface area (Å²) in [5, 5.41) is 2.94. The molecule has 0 atom stereocenters. The number of rotatable bonds is 5. The summed E-state index contributed by atoms with van der Waals surface area (Å²) in [5.41, 5.74) is 6.15. The first-order chi connectivity index (χ1) is 10.2. The highest BCUT2D eigenvalue weighted by molar-refractivity contribution is 6.09. The average Bonchev–Trinajstić information content (AvgIpc) is 2.52. The van der Waals surface area contributed by atoms with Gasteiger partial charge in [-0.1, -0.05) is 19.1 Å². The Kier molecular flexibility index (Phi) is 4.84. The van der Waals surface area contributed by atoms with Gasteiger partial charge in [0.2, 0.25) is 5.91 Å². The normalized spacial score (nSPS) is 10.4. The van der Waals surface area contributed by atoms with Crippen LogP contribution in [0, 0.1) is 0 Å². The molecule has 1 heterocycles. The standard InChI is InChI=1S/C15H17N3O3/c1-2-7-21-14-10-5-3-4-6-12(10)17-9-11(14)15(20)18-13(19)8-16/h3-6,9H,2,7-8,16H2,1H3,(H,18,19,20). The molecule has 0 bridgehead atoms. The molecule has 110 valence electrons. The van der Waals surface area contributed by atoms with Crippen LogP contribution in [0.2, 0.25) is 0 Å². The molecule has 2 rings (SSSR count). The molecular weight excluding hydrogens is 270 g/mol. The molecule has 0 aliphatic rings. The van der Waals surface area contributed by atoms with Crippen LogP contribution in [0.5, 0.6) is 5.75 Å². The molecule has 1 aromatic carbocycles. The lowest BCUT2D eigenvalue weighted by Gasteiger charge is -2.13. The van der Waals surface area contributed by atoms with Gasteiger partial charge < -0.3 is 10.5 Å². The number of carbonyl (C=O) groups is 2. The zero-order valence-electron chi connectivity index (χ0n) is 11.8. The van der Waals surface area contributed by atoms with Crippen molar-refractivity contribution < 1.29 is 14.3 Å². The SMILES string of the molecule is CCCOc1c(C(=O)NC(=O)CN)cnc2ccccc12. The van der Waals surface area contributed by atoms with Crippen molar-refractivity contribution in [1.82, 2.24) is 10.3 Å². The topological polar surface area (TPSA) is 94.3 Å². The minimum Gasteiger partial charge on any atom is -0.492 e. The molecule has 6 nitrogen and oxygen atoms in total. The lowest BCUT2D eigenvalue weighted by atomic mass is 10.1. The van der Waals surface area contributed by atoms with E-state index in [9.17, 15) is 9.59 Å². The lowest BCUT2D eigenvalue weighted by molar-refractivity contribution is -0.118. The van der Waals surface area contributed by atoms with E-state index in [1.807, 2.05) is 31.2 Å². The first-order valence-electron chi connectivity index (χ1n) is 6.72. The van der Waals surface area contributed by atoms with Crippen molar-refractivity contribution in [3.8, 4) is 5.75 Å². The quantitative estimate of drug-likeness (QED) is 0.862. The average molecular weight is 287 g/mol. The Labute approximate surface area is 122 Å². The zero-order valence-corrected chi connectivity index (χ0v) is 11.8. The van der Waals surface area contributed by atoms with Crippen LogP contribution < -0.4 is 15.8 Å². The molecule has 1 aromatic heterocycles. The van der Waals surface area contributed by atoms with E-state index in [1.165, 1.54) is 6.20 Å². The molecule has 0 spiro atoms. The number of hydrogen-bond acceptors (Lipinski definition) is 5. The maximum absolute atomic E-state index is 12.1. The minimum absolute atomic E-state index is 0.226. The van der Waals surface area contributed by atoms with Crippen LogP contribution in [0.3, 0.4) is 0 Å². The third-order valence-electron chi connectivity index (χ3n) is 2.86. The van der Waals surface area contributed by atoms with E-state index in [4.69, 9.17) is 10.5 Å². The lowest BCUT2D eigenvalue weighted by Crippen LogP contribution is -2.35. The van der Waals surface area contributed by atoms with Crippen LogP contribution in [-0.4, -0.2) is 29.9 Å². The van der Waals surface area contributed by atoms with E-state index in [1.54, 1.807) is 0 Å². The zero-order chi connectivity index (χ0) is 15.2. The molecule has 2 aromatic rings. The number of nitrogens with zero attached hydrogens (tertiary/aromatic N) is 1. The van der Waals surface area contributed by atoms with Crippen molar-refractivity contribution in [2.24, 2.45) is 5.73 Å². The molecule has 6 heteroatoms. The molecule has 0 radical (unpaired) electrons.